The third-order valence-electron chi connectivity index (χ3n) is 11.9. The van der Waals surface area contributed by atoms with E-state index in [1.54, 1.807) is 25.0 Å². The first-order chi connectivity index (χ1) is 25.5. The van der Waals surface area contributed by atoms with Gasteiger partial charge in [0.15, 0.2) is 5.82 Å². The maximum atomic E-state index is 17.2. The lowest BCUT2D eigenvalue weighted by molar-refractivity contribution is -0.0845. The monoisotopic (exact) mass is 735 g/mol. The number of hydrogen-bond donors (Lipinski definition) is 3. The van der Waals surface area contributed by atoms with Crippen molar-refractivity contribution in [3.63, 3.8) is 0 Å². The van der Waals surface area contributed by atoms with E-state index in [1.807, 2.05) is 0 Å². The molecular weight excluding hydrogens is 688 g/mol. The molecule has 12 nitrogen and oxygen atoms in total. The second-order valence-corrected chi connectivity index (χ2v) is 15.5. The SMILES string of the molecule is COc1nc(-c2cc(O)cc3cccc(F)c23)c(F)c2nc(OCC34CCCC3N(C3CC(OC)C3)CCC4)nc(N3CC(CO)OCC(C)(O)C3)c12. The second kappa shape index (κ2) is 14.0. The summed E-state index contributed by atoms with van der Waals surface area (Å²) in [5.41, 5.74) is -1.93. The van der Waals surface area contributed by atoms with E-state index in [4.69, 9.17) is 23.9 Å². The van der Waals surface area contributed by atoms with Crippen LogP contribution in [0.2, 0.25) is 0 Å². The Balaban J connectivity index is 1.25. The molecule has 4 atom stereocenters. The molecule has 14 heteroatoms. The van der Waals surface area contributed by atoms with E-state index in [1.165, 1.54) is 31.4 Å². The molecule has 0 radical (unpaired) electrons. The average molecular weight is 736 g/mol. The Morgan fingerprint density at radius 1 is 1.06 bits per heavy atom. The van der Waals surface area contributed by atoms with Gasteiger partial charge in [0.05, 0.1) is 45.7 Å². The highest BCUT2D eigenvalue weighted by Crippen LogP contribution is 2.50. The summed E-state index contributed by atoms with van der Waals surface area (Å²) in [7, 11) is 3.15. The minimum absolute atomic E-state index is 0.0200. The van der Waals surface area contributed by atoms with E-state index in [0.29, 0.717) is 30.2 Å². The number of fused-ring (bicyclic) bond motifs is 3. The third kappa shape index (κ3) is 6.52. The lowest BCUT2D eigenvalue weighted by Gasteiger charge is -2.53. The van der Waals surface area contributed by atoms with Crippen molar-refractivity contribution < 1.29 is 43.0 Å². The van der Waals surface area contributed by atoms with Crippen LogP contribution in [0.3, 0.4) is 0 Å². The molecule has 0 amide bonds. The van der Waals surface area contributed by atoms with Crippen LogP contribution in [-0.4, -0.2) is 119 Å². The number of benzene rings is 2. The number of aromatic nitrogens is 3. The molecule has 2 aromatic carbocycles. The van der Waals surface area contributed by atoms with Crippen LogP contribution in [0.4, 0.5) is 14.6 Å². The normalized spacial score (nSPS) is 29.2. The molecule has 4 unspecified atom stereocenters. The lowest BCUT2D eigenvalue weighted by Crippen LogP contribution is -2.59. The van der Waals surface area contributed by atoms with Gasteiger partial charge in [0.2, 0.25) is 5.88 Å². The number of nitrogens with zero attached hydrogens (tertiary/aromatic N) is 5. The number of β-amino-alcohol motifs (C(OH)–C–C–N with tert-alkyl or cyclic N) is 1. The summed E-state index contributed by atoms with van der Waals surface area (Å²) < 4.78 is 56.3. The molecule has 2 aromatic heterocycles. The van der Waals surface area contributed by atoms with Crippen molar-refractivity contribution in [2.24, 2.45) is 5.41 Å². The zero-order valence-electron chi connectivity index (χ0n) is 30.4. The summed E-state index contributed by atoms with van der Waals surface area (Å²) in [6, 6.07) is 7.81. The molecule has 8 rings (SSSR count). The summed E-state index contributed by atoms with van der Waals surface area (Å²) >= 11 is 0. The highest BCUT2D eigenvalue weighted by Gasteiger charge is 2.52. The fourth-order valence-electron chi connectivity index (χ4n) is 9.25. The van der Waals surface area contributed by atoms with E-state index in [0.717, 1.165) is 51.5 Å². The summed E-state index contributed by atoms with van der Waals surface area (Å²) in [5.74, 6) is -1.57. The number of aromatic hydroxyl groups is 1. The van der Waals surface area contributed by atoms with Crippen LogP contribution in [0.1, 0.15) is 51.9 Å². The van der Waals surface area contributed by atoms with Crippen LogP contribution in [-0.2, 0) is 9.47 Å². The molecule has 2 aliphatic carbocycles. The highest BCUT2D eigenvalue weighted by molar-refractivity contribution is 6.02. The molecule has 3 N–H and O–H groups in total. The van der Waals surface area contributed by atoms with E-state index in [-0.39, 0.29) is 82.7 Å². The van der Waals surface area contributed by atoms with Crippen molar-refractivity contribution in [1.82, 2.24) is 19.9 Å². The molecule has 4 aliphatic rings. The minimum Gasteiger partial charge on any atom is -0.508 e. The highest BCUT2D eigenvalue weighted by atomic mass is 19.1. The van der Waals surface area contributed by atoms with Gasteiger partial charge < -0.3 is 39.2 Å². The molecule has 4 aromatic rings. The first-order valence-corrected chi connectivity index (χ1v) is 18.5. The number of halogens is 2. The minimum atomic E-state index is -1.36. The van der Waals surface area contributed by atoms with Crippen LogP contribution in [0, 0.1) is 17.0 Å². The molecule has 4 fully saturated rings. The van der Waals surface area contributed by atoms with Gasteiger partial charge >= 0.3 is 6.01 Å². The van der Waals surface area contributed by atoms with Crippen molar-refractivity contribution in [2.75, 3.05) is 58.6 Å². The number of methoxy groups -OCH3 is 2. The zero-order valence-corrected chi connectivity index (χ0v) is 30.4. The third-order valence-corrected chi connectivity index (χ3v) is 11.9. The number of likely N-dealkylation sites (tertiary alicyclic amines) is 1. The number of hydrogen-bond acceptors (Lipinski definition) is 12. The number of phenols is 1. The van der Waals surface area contributed by atoms with Crippen molar-refractivity contribution in [2.45, 2.75) is 81.8 Å². The molecule has 2 saturated heterocycles. The van der Waals surface area contributed by atoms with E-state index >= 15 is 8.78 Å². The van der Waals surface area contributed by atoms with Gasteiger partial charge in [-0.05, 0) is 75.6 Å². The molecule has 0 spiro atoms. The molecular formula is C39H47F2N5O7. The van der Waals surface area contributed by atoms with Gasteiger partial charge in [0.25, 0.3) is 0 Å². The van der Waals surface area contributed by atoms with Gasteiger partial charge in [-0.15, -0.1) is 0 Å². The van der Waals surface area contributed by atoms with Gasteiger partial charge in [-0.3, -0.25) is 4.90 Å². The molecule has 53 heavy (non-hydrogen) atoms. The maximum absolute atomic E-state index is 17.2. The van der Waals surface area contributed by atoms with Crippen LogP contribution in [0.25, 0.3) is 32.9 Å². The summed E-state index contributed by atoms with van der Waals surface area (Å²) in [4.78, 5) is 18.4. The van der Waals surface area contributed by atoms with Gasteiger partial charge in [-0.2, -0.15) is 9.97 Å². The molecule has 4 heterocycles. The number of rotatable bonds is 9. The standard InChI is InChI=1S/C39H47F2N5O7/c1-38(49)19-45(17-26(18-47)52-20-38)35-31-34(32(41)33(42-36(31)51-3)27-16-24(48)13-22-7-4-8-28(40)30(22)27)43-37(44-35)53-21-39-10-5-9-29(39)46(12-6-11-39)23-14-25(15-23)50-2/h4,7-8,13,16,23,25-26,29,47-49H,5-6,9-12,14-15,17-21H2,1-3H3. The van der Waals surface area contributed by atoms with E-state index in [2.05, 4.69) is 14.9 Å². The van der Waals surface area contributed by atoms with Crippen molar-refractivity contribution in [1.29, 1.82) is 0 Å². The van der Waals surface area contributed by atoms with Gasteiger partial charge in [-0.25, -0.2) is 13.8 Å². The Kier molecular flexibility index (Phi) is 9.55. The van der Waals surface area contributed by atoms with Crippen LogP contribution in [0.15, 0.2) is 30.3 Å². The molecule has 0 bridgehead atoms. The van der Waals surface area contributed by atoms with Crippen LogP contribution >= 0.6 is 0 Å². The first kappa shape index (κ1) is 36.0. The molecule has 284 valence electrons. The van der Waals surface area contributed by atoms with Crippen molar-refractivity contribution in [3.05, 3.63) is 42.0 Å². The van der Waals surface area contributed by atoms with Gasteiger partial charge in [-0.1, -0.05) is 18.6 Å². The summed E-state index contributed by atoms with van der Waals surface area (Å²) in [5, 5.41) is 32.6. The Morgan fingerprint density at radius 3 is 2.64 bits per heavy atom. The second-order valence-electron chi connectivity index (χ2n) is 15.5. The topological polar surface area (TPSA) is 143 Å². The number of piperidine rings is 1. The Hall–Kier alpha value is -3.95. The number of aliphatic hydroxyl groups is 2. The molecule has 2 aliphatic heterocycles. The van der Waals surface area contributed by atoms with Gasteiger partial charge in [0.1, 0.15) is 39.6 Å². The number of aliphatic hydroxyl groups excluding tert-OH is 1. The summed E-state index contributed by atoms with van der Waals surface area (Å²) in [6.45, 7) is 2.75. The number of anilines is 1. The predicted molar refractivity (Wildman–Crippen MR) is 193 cm³/mol. The van der Waals surface area contributed by atoms with Crippen molar-refractivity contribution >= 4 is 27.5 Å². The van der Waals surface area contributed by atoms with Crippen molar-refractivity contribution in [3.8, 4) is 28.9 Å². The fourth-order valence-corrected chi connectivity index (χ4v) is 9.25. The lowest BCUT2D eigenvalue weighted by atomic mass is 9.73. The fraction of sp³-hybridized carbons (Fsp3) is 0.564. The average Bonchev–Trinajstić information content (AvgIpc) is 3.49. The zero-order chi connectivity index (χ0) is 37.1. The Morgan fingerprint density at radius 2 is 1.87 bits per heavy atom. The van der Waals surface area contributed by atoms with Gasteiger partial charge in [0, 0.05) is 42.1 Å². The largest absolute Gasteiger partial charge is 0.508 e. The predicted octanol–water partition coefficient (Wildman–Crippen LogP) is 4.98. The Labute approximate surface area is 306 Å². The van der Waals surface area contributed by atoms with E-state index in [9.17, 15) is 15.3 Å². The smallest absolute Gasteiger partial charge is 0.319 e. The Bertz CT molecular complexity index is 2010. The number of pyridine rings is 1. The maximum Gasteiger partial charge on any atom is 0.319 e. The van der Waals surface area contributed by atoms with Crippen LogP contribution < -0.4 is 14.4 Å². The van der Waals surface area contributed by atoms with E-state index < -0.39 is 23.3 Å². The quantitative estimate of drug-likeness (QED) is 0.214. The number of phenolic OH excluding ortho intramolecular Hbond substituents is 1. The summed E-state index contributed by atoms with van der Waals surface area (Å²) in [6.07, 6.45) is 6.84. The number of ether oxygens (including phenoxy) is 4. The first-order valence-electron chi connectivity index (χ1n) is 18.5. The van der Waals surface area contributed by atoms with Crippen LogP contribution in [0.5, 0.6) is 17.6 Å². The molecule has 2 saturated carbocycles.